The predicted octanol–water partition coefficient (Wildman–Crippen LogP) is 1.55. The van der Waals surface area contributed by atoms with Gasteiger partial charge in [0.05, 0.1) is 0 Å². The summed E-state index contributed by atoms with van der Waals surface area (Å²) in [5.41, 5.74) is 0. The zero-order chi connectivity index (χ0) is 8.70. The van der Waals surface area contributed by atoms with Gasteiger partial charge in [0.1, 0.15) is 0 Å². The SMILES string of the molecule is FC(F)(F)C1NCCC1(F)F. The second kappa shape index (κ2) is 2.30. The Morgan fingerprint density at radius 1 is 1.27 bits per heavy atom. The molecule has 1 nitrogen and oxygen atoms in total. The van der Waals surface area contributed by atoms with Crippen LogP contribution in [0.1, 0.15) is 6.42 Å². The topological polar surface area (TPSA) is 12.0 Å². The fraction of sp³-hybridized carbons (Fsp3) is 1.00. The second-order valence-electron chi connectivity index (χ2n) is 2.44. The first kappa shape index (κ1) is 8.70. The smallest absolute Gasteiger partial charge is 0.301 e. The Morgan fingerprint density at radius 3 is 2.00 bits per heavy atom. The van der Waals surface area contributed by atoms with Crippen molar-refractivity contribution in [3.05, 3.63) is 0 Å². The van der Waals surface area contributed by atoms with E-state index in [4.69, 9.17) is 0 Å². The standard InChI is InChI=1S/C5H6F5N/c6-4(7)1-2-11-3(4)5(8,9)10/h3,11H,1-2H2. The Morgan fingerprint density at radius 2 is 1.82 bits per heavy atom. The Labute approximate surface area is 59.6 Å². The first-order valence-corrected chi connectivity index (χ1v) is 3.02. The maximum atomic E-state index is 12.3. The molecule has 0 amide bonds. The fourth-order valence-electron chi connectivity index (χ4n) is 1.03. The molecule has 1 atom stereocenters. The van der Waals surface area contributed by atoms with Gasteiger partial charge in [-0.1, -0.05) is 0 Å². The van der Waals surface area contributed by atoms with Crippen molar-refractivity contribution in [2.24, 2.45) is 0 Å². The van der Waals surface area contributed by atoms with Crippen LogP contribution in [0, 0.1) is 0 Å². The van der Waals surface area contributed by atoms with Crippen molar-refractivity contribution in [3.63, 3.8) is 0 Å². The molecule has 0 aromatic carbocycles. The maximum Gasteiger partial charge on any atom is 0.409 e. The Balaban J connectivity index is 2.73. The van der Waals surface area contributed by atoms with Crippen molar-refractivity contribution < 1.29 is 22.0 Å². The number of halogens is 5. The molecule has 66 valence electrons. The van der Waals surface area contributed by atoms with Gasteiger partial charge in [-0.05, 0) is 0 Å². The van der Waals surface area contributed by atoms with Crippen molar-refractivity contribution >= 4 is 0 Å². The van der Waals surface area contributed by atoms with E-state index in [9.17, 15) is 22.0 Å². The van der Waals surface area contributed by atoms with Gasteiger partial charge in [-0.3, -0.25) is 0 Å². The average Bonchev–Trinajstić information content (AvgIpc) is 2.06. The number of rotatable bonds is 0. The molecular formula is C5H6F5N. The highest BCUT2D eigenvalue weighted by Gasteiger charge is 2.58. The molecule has 0 saturated carbocycles. The van der Waals surface area contributed by atoms with Gasteiger partial charge in [0.15, 0.2) is 6.04 Å². The Hall–Kier alpha value is -0.390. The van der Waals surface area contributed by atoms with Crippen molar-refractivity contribution in [3.8, 4) is 0 Å². The van der Waals surface area contributed by atoms with Gasteiger partial charge in [0, 0.05) is 13.0 Å². The first-order chi connectivity index (χ1) is 4.84. The van der Waals surface area contributed by atoms with Gasteiger partial charge in [0.25, 0.3) is 5.92 Å². The molecule has 0 aromatic rings. The van der Waals surface area contributed by atoms with E-state index < -0.39 is 24.6 Å². The molecule has 1 unspecified atom stereocenters. The summed E-state index contributed by atoms with van der Waals surface area (Å²) < 4.78 is 59.8. The Bertz CT molecular complexity index is 151. The first-order valence-electron chi connectivity index (χ1n) is 3.02. The molecule has 1 heterocycles. The molecule has 0 radical (unpaired) electrons. The number of nitrogens with one attached hydrogen (secondary N) is 1. The van der Waals surface area contributed by atoms with Crippen LogP contribution in [0.5, 0.6) is 0 Å². The van der Waals surface area contributed by atoms with E-state index in [1.54, 1.807) is 5.32 Å². The quantitative estimate of drug-likeness (QED) is 0.550. The number of alkyl halides is 5. The van der Waals surface area contributed by atoms with Crippen LogP contribution in [-0.2, 0) is 0 Å². The number of hydrogen-bond acceptors (Lipinski definition) is 1. The molecule has 1 aliphatic rings. The predicted molar refractivity (Wildman–Crippen MR) is 27.4 cm³/mol. The summed E-state index contributed by atoms with van der Waals surface area (Å²) in [5.74, 6) is -3.64. The Kier molecular flexibility index (Phi) is 1.82. The molecule has 0 bridgehead atoms. The monoisotopic (exact) mass is 175 g/mol. The van der Waals surface area contributed by atoms with Crippen LogP contribution in [0.3, 0.4) is 0 Å². The van der Waals surface area contributed by atoms with Crippen LogP contribution >= 0.6 is 0 Å². The third kappa shape index (κ3) is 1.61. The van der Waals surface area contributed by atoms with Crippen molar-refractivity contribution in [2.75, 3.05) is 6.54 Å². The summed E-state index contributed by atoms with van der Waals surface area (Å²) in [6.45, 7) is -0.281. The highest BCUT2D eigenvalue weighted by Crippen LogP contribution is 2.37. The van der Waals surface area contributed by atoms with Gasteiger partial charge < -0.3 is 5.32 Å². The minimum Gasteiger partial charge on any atom is -0.301 e. The molecule has 1 aliphatic heterocycles. The lowest BCUT2D eigenvalue weighted by Crippen LogP contribution is -2.47. The third-order valence-corrected chi connectivity index (χ3v) is 1.56. The van der Waals surface area contributed by atoms with Crippen molar-refractivity contribution in [1.29, 1.82) is 0 Å². The lowest BCUT2D eigenvalue weighted by Gasteiger charge is -2.21. The molecule has 1 N–H and O–H groups in total. The van der Waals surface area contributed by atoms with Crippen LogP contribution in [0.15, 0.2) is 0 Å². The largest absolute Gasteiger partial charge is 0.409 e. The molecule has 1 saturated heterocycles. The number of hydrogen-bond donors (Lipinski definition) is 1. The highest BCUT2D eigenvalue weighted by atomic mass is 19.4. The zero-order valence-corrected chi connectivity index (χ0v) is 5.38. The van der Waals surface area contributed by atoms with Gasteiger partial charge in [0.2, 0.25) is 0 Å². The van der Waals surface area contributed by atoms with Crippen LogP contribution in [0.4, 0.5) is 22.0 Å². The second-order valence-corrected chi connectivity index (χ2v) is 2.44. The van der Waals surface area contributed by atoms with E-state index in [1.165, 1.54) is 0 Å². The third-order valence-electron chi connectivity index (χ3n) is 1.56. The van der Waals surface area contributed by atoms with E-state index in [0.29, 0.717) is 0 Å². The van der Waals surface area contributed by atoms with Crippen molar-refractivity contribution in [2.45, 2.75) is 24.6 Å². The van der Waals surface area contributed by atoms with Gasteiger partial charge >= 0.3 is 6.18 Å². The lowest BCUT2D eigenvalue weighted by molar-refractivity contribution is -0.201. The summed E-state index contributed by atoms with van der Waals surface area (Å²) in [7, 11) is 0. The molecule has 0 aromatic heterocycles. The van der Waals surface area contributed by atoms with E-state index in [1.807, 2.05) is 0 Å². The molecular weight excluding hydrogens is 169 g/mol. The highest BCUT2D eigenvalue weighted by molar-refractivity contribution is 4.94. The van der Waals surface area contributed by atoms with E-state index in [0.717, 1.165) is 0 Å². The lowest BCUT2D eigenvalue weighted by atomic mass is 10.1. The summed E-state index contributed by atoms with van der Waals surface area (Å²) in [6.07, 6.45) is -5.59. The molecule has 1 rings (SSSR count). The zero-order valence-electron chi connectivity index (χ0n) is 5.38. The minimum absolute atomic E-state index is 0.281. The minimum atomic E-state index is -4.85. The summed E-state index contributed by atoms with van der Waals surface area (Å²) in [4.78, 5) is 0. The van der Waals surface area contributed by atoms with Crippen molar-refractivity contribution in [1.82, 2.24) is 5.32 Å². The summed E-state index contributed by atoms with van der Waals surface area (Å²) >= 11 is 0. The van der Waals surface area contributed by atoms with Crippen LogP contribution in [-0.4, -0.2) is 24.7 Å². The summed E-state index contributed by atoms with van der Waals surface area (Å²) in [6, 6.07) is -2.66. The van der Waals surface area contributed by atoms with Crippen LogP contribution < -0.4 is 5.32 Å². The normalized spacial score (nSPS) is 30.8. The molecule has 1 fully saturated rings. The van der Waals surface area contributed by atoms with Gasteiger partial charge in [-0.15, -0.1) is 0 Å². The average molecular weight is 175 g/mol. The van der Waals surface area contributed by atoms with E-state index in [-0.39, 0.29) is 6.54 Å². The molecule has 6 heteroatoms. The van der Waals surface area contributed by atoms with Gasteiger partial charge in [-0.2, -0.15) is 13.2 Å². The van der Waals surface area contributed by atoms with E-state index >= 15 is 0 Å². The van der Waals surface area contributed by atoms with Crippen LogP contribution in [0.2, 0.25) is 0 Å². The van der Waals surface area contributed by atoms with E-state index in [2.05, 4.69) is 0 Å². The summed E-state index contributed by atoms with van der Waals surface area (Å²) in [5, 5.41) is 1.71. The van der Waals surface area contributed by atoms with Gasteiger partial charge in [-0.25, -0.2) is 8.78 Å². The van der Waals surface area contributed by atoms with Crippen LogP contribution in [0.25, 0.3) is 0 Å². The molecule has 0 aliphatic carbocycles. The molecule has 0 spiro atoms. The molecule has 11 heavy (non-hydrogen) atoms. The maximum absolute atomic E-state index is 12.3. The fourth-order valence-corrected chi connectivity index (χ4v) is 1.03.